The molecule has 3 aromatic rings. The van der Waals surface area contributed by atoms with Gasteiger partial charge in [-0.15, -0.1) is 6.58 Å². The second-order valence-corrected chi connectivity index (χ2v) is 9.97. The highest BCUT2D eigenvalue weighted by atomic mass is 32.2. The van der Waals surface area contributed by atoms with Crippen molar-refractivity contribution in [1.29, 1.82) is 0 Å². The maximum atomic E-state index is 13.0. The number of sulfonamides is 1. The smallest absolute Gasteiger partial charge is 0.322 e. The van der Waals surface area contributed by atoms with E-state index >= 15 is 0 Å². The first-order valence-corrected chi connectivity index (χ1v) is 12.2. The van der Waals surface area contributed by atoms with E-state index in [9.17, 15) is 18.3 Å². The summed E-state index contributed by atoms with van der Waals surface area (Å²) >= 11 is 0. The number of benzene rings is 2. The van der Waals surface area contributed by atoms with Gasteiger partial charge < -0.3 is 9.84 Å². The van der Waals surface area contributed by atoms with Crippen molar-refractivity contribution in [3.05, 3.63) is 84.6 Å². The van der Waals surface area contributed by atoms with Crippen molar-refractivity contribution in [2.75, 3.05) is 0 Å². The third kappa shape index (κ3) is 4.83. The van der Waals surface area contributed by atoms with E-state index < -0.39 is 40.2 Å². The number of carbonyl (C=O) groups is 1. The Hall–Kier alpha value is -3.07. The van der Waals surface area contributed by atoms with Crippen LogP contribution in [0.15, 0.2) is 78.3 Å². The fourth-order valence-corrected chi connectivity index (χ4v) is 5.62. The number of pyridine rings is 1. The molecule has 1 unspecified atom stereocenters. The molecule has 172 valence electrons. The number of rotatable bonds is 8. The minimum Gasteiger partial charge on any atom is -0.480 e. The first-order chi connectivity index (χ1) is 15.8. The monoisotopic (exact) mass is 466 g/mol. The van der Waals surface area contributed by atoms with Gasteiger partial charge in [-0.1, -0.05) is 42.0 Å². The van der Waals surface area contributed by atoms with Crippen LogP contribution in [0.5, 0.6) is 0 Å². The number of nitrogens with one attached hydrogen (secondary N) is 1. The predicted molar refractivity (Wildman–Crippen MR) is 125 cm³/mol. The summed E-state index contributed by atoms with van der Waals surface area (Å²) in [7, 11) is -4.04. The van der Waals surface area contributed by atoms with Crippen LogP contribution in [0.4, 0.5) is 0 Å². The Morgan fingerprint density at radius 2 is 1.97 bits per heavy atom. The lowest BCUT2D eigenvalue weighted by Crippen LogP contribution is -2.48. The van der Waals surface area contributed by atoms with Crippen LogP contribution in [0.1, 0.15) is 30.1 Å². The highest BCUT2D eigenvalue weighted by Gasteiger charge is 2.44. The van der Waals surface area contributed by atoms with E-state index in [-0.39, 0.29) is 4.90 Å². The van der Waals surface area contributed by atoms with Crippen molar-refractivity contribution < 1.29 is 23.1 Å². The van der Waals surface area contributed by atoms with Gasteiger partial charge in [0.05, 0.1) is 22.6 Å². The minimum absolute atomic E-state index is 0.0233. The maximum absolute atomic E-state index is 13.0. The number of aryl methyl sites for hydroxylation is 1. The van der Waals surface area contributed by atoms with Gasteiger partial charge in [0.25, 0.3) is 0 Å². The second kappa shape index (κ2) is 9.43. The van der Waals surface area contributed by atoms with Gasteiger partial charge in [-0.3, -0.25) is 9.78 Å². The van der Waals surface area contributed by atoms with Crippen LogP contribution < -0.4 is 4.72 Å². The number of para-hydroxylation sites is 1. The maximum Gasteiger partial charge on any atom is 0.322 e. The molecule has 1 aliphatic heterocycles. The van der Waals surface area contributed by atoms with E-state index in [1.165, 1.54) is 12.1 Å². The summed E-state index contributed by atoms with van der Waals surface area (Å²) in [5.41, 5.74) is 2.63. The summed E-state index contributed by atoms with van der Waals surface area (Å²) in [5.74, 6) is -1.83. The van der Waals surface area contributed by atoms with E-state index in [2.05, 4.69) is 16.3 Å². The van der Waals surface area contributed by atoms with Crippen LogP contribution in [0.25, 0.3) is 10.9 Å². The normalized spacial score (nSPS) is 21.7. The van der Waals surface area contributed by atoms with Gasteiger partial charge in [-0.2, -0.15) is 4.72 Å². The summed E-state index contributed by atoms with van der Waals surface area (Å²) in [4.78, 5) is 16.6. The van der Waals surface area contributed by atoms with Crippen molar-refractivity contribution >= 4 is 26.9 Å². The lowest BCUT2D eigenvalue weighted by molar-refractivity contribution is -0.141. The third-order valence-corrected chi connectivity index (χ3v) is 7.50. The van der Waals surface area contributed by atoms with Crippen LogP contribution in [-0.4, -0.2) is 36.6 Å². The standard InChI is InChI=1S/C25H26N2O5S/c1-3-6-22-20(15-23(32-22)19-13-14-26-21-8-5-4-7-18(19)21)24(25(28)29)27-33(30,31)17-11-9-16(2)10-12-17/h3-5,7-14,20,22-24,27H,1,6,15H2,2H3,(H,28,29)/t20?,22-,23+,24-/m0/s1. The Morgan fingerprint density at radius 3 is 2.67 bits per heavy atom. The quantitative estimate of drug-likeness (QED) is 0.486. The average Bonchev–Trinajstić information content (AvgIpc) is 3.21. The highest BCUT2D eigenvalue weighted by Crippen LogP contribution is 2.42. The molecule has 2 heterocycles. The fourth-order valence-electron chi connectivity index (χ4n) is 4.38. The molecule has 1 aromatic heterocycles. The zero-order chi connectivity index (χ0) is 23.6. The lowest BCUT2D eigenvalue weighted by Gasteiger charge is -2.24. The fraction of sp³-hybridized carbons (Fsp3) is 0.280. The molecule has 0 amide bonds. The molecule has 0 spiro atoms. The van der Waals surface area contributed by atoms with E-state index in [1.807, 2.05) is 37.3 Å². The number of aromatic nitrogens is 1. The summed E-state index contributed by atoms with van der Waals surface area (Å²) in [6, 6.07) is 14.5. The van der Waals surface area contributed by atoms with Crippen LogP contribution in [0.2, 0.25) is 0 Å². The average molecular weight is 467 g/mol. The van der Waals surface area contributed by atoms with Crippen LogP contribution in [0.3, 0.4) is 0 Å². The molecule has 0 bridgehead atoms. The van der Waals surface area contributed by atoms with Gasteiger partial charge in [-0.05, 0) is 49.6 Å². The van der Waals surface area contributed by atoms with E-state index in [0.717, 1.165) is 22.0 Å². The highest BCUT2D eigenvalue weighted by molar-refractivity contribution is 7.89. The van der Waals surface area contributed by atoms with Gasteiger partial charge in [0.1, 0.15) is 6.04 Å². The summed E-state index contributed by atoms with van der Waals surface area (Å²) < 4.78 is 34.6. The molecule has 1 saturated heterocycles. The van der Waals surface area contributed by atoms with Crippen molar-refractivity contribution in [1.82, 2.24) is 9.71 Å². The Balaban J connectivity index is 1.66. The minimum atomic E-state index is -4.04. The van der Waals surface area contributed by atoms with Gasteiger partial charge in [0, 0.05) is 17.5 Å². The number of aliphatic carboxylic acids is 1. The summed E-state index contributed by atoms with van der Waals surface area (Å²) in [6.45, 7) is 5.61. The molecule has 4 rings (SSSR count). The Labute approximate surface area is 193 Å². The molecular formula is C25H26N2O5S. The van der Waals surface area contributed by atoms with Gasteiger partial charge >= 0.3 is 5.97 Å². The number of fused-ring (bicyclic) bond motifs is 1. The van der Waals surface area contributed by atoms with Crippen molar-refractivity contribution in [3.63, 3.8) is 0 Å². The molecule has 0 saturated carbocycles. The van der Waals surface area contributed by atoms with Crippen molar-refractivity contribution in [3.8, 4) is 0 Å². The zero-order valence-electron chi connectivity index (χ0n) is 18.2. The molecule has 8 heteroatoms. The van der Waals surface area contributed by atoms with Crippen molar-refractivity contribution in [2.45, 2.75) is 42.9 Å². The number of ether oxygens (including phenoxy) is 1. The van der Waals surface area contributed by atoms with E-state index in [1.54, 1.807) is 24.4 Å². The molecule has 1 fully saturated rings. The SMILES string of the molecule is C=CC[C@@H]1O[C@@H](c2ccnc3ccccc23)CC1[C@H](NS(=O)(=O)c1ccc(C)cc1)C(=O)O. The lowest BCUT2D eigenvalue weighted by atomic mass is 9.88. The number of hydrogen-bond donors (Lipinski definition) is 2. The number of carboxylic acids is 1. The second-order valence-electron chi connectivity index (χ2n) is 8.25. The van der Waals surface area contributed by atoms with Crippen LogP contribution in [0, 0.1) is 12.8 Å². The Morgan fingerprint density at radius 1 is 1.24 bits per heavy atom. The molecule has 0 aliphatic carbocycles. The molecule has 33 heavy (non-hydrogen) atoms. The molecular weight excluding hydrogens is 440 g/mol. The number of nitrogens with zero attached hydrogens (tertiary/aromatic N) is 1. The largest absolute Gasteiger partial charge is 0.480 e. The summed E-state index contributed by atoms with van der Waals surface area (Å²) in [5, 5.41) is 10.9. The first-order valence-electron chi connectivity index (χ1n) is 10.7. The number of carboxylic acid groups (broad SMARTS) is 1. The first kappa shape index (κ1) is 23.1. The molecule has 7 nitrogen and oxygen atoms in total. The van der Waals surface area contributed by atoms with Gasteiger partial charge in [0.2, 0.25) is 10.0 Å². The van der Waals surface area contributed by atoms with Crippen LogP contribution >= 0.6 is 0 Å². The topological polar surface area (TPSA) is 106 Å². The summed E-state index contributed by atoms with van der Waals surface area (Å²) in [6.07, 6.45) is 3.23. The molecule has 2 N–H and O–H groups in total. The molecule has 2 aromatic carbocycles. The molecule has 0 radical (unpaired) electrons. The van der Waals surface area contributed by atoms with Gasteiger partial charge in [-0.25, -0.2) is 8.42 Å². The number of hydrogen-bond acceptors (Lipinski definition) is 5. The van der Waals surface area contributed by atoms with E-state index in [4.69, 9.17) is 4.74 Å². The molecule has 1 aliphatic rings. The predicted octanol–water partition coefficient (Wildman–Crippen LogP) is 4.00. The molecule has 4 atom stereocenters. The van der Waals surface area contributed by atoms with Gasteiger partial charge in [0.15, 0.2) is 0 Å². The third-order valence-electron chi connectivity index (χ3n) is 6.04. The zero-order valence-corrected chi connectivity index (χ0v) is 19.0. The van der Waals surface area contributed by atoms with E-state index in [0.29, 0.717) is 12.8 Å². The van der Waals surface area contributed by atoms with Crippen molar-refractivity contribution in [2.24, 2.45) is 5.92 Å². The Kier molecular flexibility index (Phi) is 6.60. The Bertz CT molecular complexity index is 1270. The van der Waals surface area contributed by atoms with Crippen LogP contribution in [-0.2, 0) is 19.6 Å².